The van der Waals surface area contributed by atoms with Crippen LogP contribution < -0.4 is 10.6 Å². The summed E-state index contributed by atoms with van der Waals surface area (Å²) in [7, 11) is 1.78. The number of carbonyl (C=O) groups is 1. The number of amides is 1. The van der Waals surface area contributed by atoms with E-state index in [0.717, 1.165) is 51.4 Å². The molecule has 6 heteroatoms. The topological polar surface area (TPSA) is 61.7 Å². The Labute approximate surface area is 139 Å². The molecule has 2 heterocycles. The molecule has 0 spiro atoms. The standard InChI is InChI=1S/C17H29N5O/c1-3-15(22-13-6-7-16(22)23)8-9-19-17(18-2)20-10-14-21-11-4-5-12-21/h4-5,11-12,15H,3,6-10,13-14H2,1-2H3,(H2,18,19,20). The van der Waals surface area contributed by atoms with Gasteiger partial charge in [0.1, 0.15) is 0 Å². The molecule has 0 saturated carbocycles. The van der Waals surface area contributed by atoms with Crippen LogP contribution in [0.3, 0.4) is 0 Å². The van der Waals surface area contributed by atoms with Crippen LogP contribution in [0.2, 0.25) is 0 Å². The highest BCUT2D eigenvalue weighted by Crippen LogP contribution is 2.17. The van der Waals surface area contributed by atoms with E-state index in [0.29, 0.717) is 18.4 Å². The third-order valence-electron chi connectivity index (χ3n) is 4.34. The summed E-state index contributed by atoms with van der Waals surface area (Å²) in [6.07, 6.45) is 7.79. The fourth-order valence-corrected chi connectivity index (χ4v) is 3.04. The van der Waals surface area contributed by atoms with Crippen molar-refractivity contribution in [1.82, 2.24) is 20.1 Å². The Morgan fingerprint density at radius 1 is 1.30 bits per heavy atom. The van der Waals surface area contributed by atoms with Gasteiger partial charge in [0, 0.05) is 58.1 Å². The number of carbonyl (C=O) groups excluding carboxylic acids is 1. The van der Waals surface area contributed by atoms with Crippen molar-refractivity contribution in [3.63, 3.8) is 0 Å². The lowest BCUT2D eigenvalue weighted by Gasteiger charge is -2.27. The van der Waals surface area contributed by atoms with Gasteiger partial charge in [0.25, 0.3) is 0 Å². The lowest BCUT2D eigenvalue weighted by Crippen LogP contribution is -2.42. The largest absolute Gasteiger partial charge is 0.356 e. The second-order valence-corrected chi connectivity index (χ2v) is 5.89. The molecule has 23 heavy (non-hydrogen) atoms. The number of aliphatic imine (C=N–C) groups is 1. The van der Waals surface area contributed by atoms with Crippen LogP contribution in [0.25, 0.3) is 0 Å². The van der Waals surface area contributed by atoms with Gasteiger partial charge in [-0.05, 0) is 31.4 Å². The van der Waals surface area contributed by atoms with Gasteiger partial charge in [-0.25, -0.2) is 0 Å². The van der Waals surface area contributed by atoms with Gasteiger partial charge in [-0.15, -0.1) is 0 Å². The second-order valence-electron chi connectivity index (χ2n) is 5.89. The number of aromatic nitrogens is 1. The molecule has 6 nitrogen and oxygen atoms in total. The summed E-state index contributed by atoms with van der Waals surface area (Å²) in [5.41, 5.74) is 0. The zero-order valence-corrected chi connectivity index (χ0v) is 14.3. The zero-order chi connectivity index (χ0) is 16.5. The third kappa shape index (κ3) is 5.30. The minimum Gasteiger partial charge on any atom is -0.356 e. The highest BCUT2D eigenvalue weighted by Gasteiger charge is 2.26. The van der Waals surface area contributed by atoms with Crippen LogP contribution in [-0.2, 0) is 11.3 Å². The highest BCUT2D eigenvalue weighted by atomic mass is 16.2. The summed E-state index contributed by atoms with van der Waals surface area (Å²) < 4.78 is 2.13. The molecule has 2 N–H and O–H groups in total. The third-order valence-corrected chi connectivity index (χ3v) is 4.34. The van der Waals surface area contributed by atoms with Crippen LogP contribution in [0.15, 0.2) is 29.5 Å². The Morgan fingerprint density at radius 3 is 2.65 bits per heavy atom. The van der Waals surface area contributed by atoms with Crippen LogP contribution in [0.4, 0.5) is 0 Å². The summed E-state index contributed by atoms with van der Waals surface area (Å²) >= 11 is 0. The Morgan fingerprint density at radius 2 is 2.04 bits per heavy atom. The maximum Gasteiger partial charge on any atom is 0.222 e. The van der Waals surface area contributed by atoms with Gasteiger partial charge in [0.15, 0.2) is 5.96 Å². The first-order valence-electron chi connectivity index (χ1n) is 8.59. The second kappa shape index (κ2) is 9.22. The normalized spacial score (nSPS) is 16.7. The Balaban J connectivity index is 1.67. The van der Waals surface area contributed by atoms with Gasteiger partial charge in [0.2, 0.25) is 5.91 Å². The van der Waals surface area contributed by atoms with E-state index in [1.165, 1.54) is 0 Å². The van der Waals surface area contributed by atoms with Gasteiger partial charge in [0.05, 0.1) is 0 Å². The Kier molecular flexibility index (Phi) is 6.97. The molecule has 0 aliphatic carbocycles. The van der Waals surface area contributed by atoms with E-state index in [1.807, 2.05) is 17.0 Å². The van der Waals surface area contributed by atoms with Crippen LogP contribution >= 0.6 is 0 Å². The molecule has 1 aliphatic heterocycles. The maximum absolute atomic E-state index is 11.8. The van der Waals surface area contributed by atoms with Crippen molar-refractivity contribution in [3.8, 4) is 0 Å². The van der Waals surface area contributed by atoms with Gasteiger partial charge in [-0.1, -0.05) is 6.92 Å². The Bertz CT molecular complexity index is 497. The molecule has 0 aromatic carbocycles. The first-order chi connectivity index (χ1) is 11.2. The lowest BCUT2D eigenvalue weighted by atomic mass is 10.1. The number of nitrogens with zero attached hydrogens (tertiary/aromatic N) is 3. The summed E-state index contributed by atoms with van der Waals surface area (Å²) in [6.45, 7) is 5.64. The van der Waals surface area contributed by atoms with Gasteiger partial charge in [-0.3, -0.25) is 9.79 Å². The molecule has 0 radical (unpaired) electrons. The molecule has 0 bridgehead atoms. The fraction of sp³-hybridized carbons (Fsp3) is 0.647. The van der Waals surface area contributed by atoms with Crippen molar-refractivity contribution >= 4 is 11.9 Å². The molecule has 1 amide bonds. The van der Waals surface area contributed by atoms with Crippen molar-refractivity contribution in [2.75, 3.05) is 26.7 Å². The van der Waals surface area contributed by atoms with E-state index in [1.54, 1.807) is 7.05 Å². The average molecular weight is 319 g/mol. The predicted molar refractivity (Wildman–Crippen MR) is 93.4 cm³/mol. The van der Waals surface area contributed by atoms with E-state index in [-0.39, 0.29) is 0 Å². The molecule has 2 rings (SSSR count). The molecule has 1 aliphatic rings. The van der Waals surface area contributed by atoms with Crippen LogP contribution in [-0.4, -0.2) is 54.1 Å². The number of nitrogens with one attached hydrogen (secondary N) is 2. The van der Waals surface area contributed by atoms with E-state index >= 15 is 0 Å². The zero-order valence-electron chi connectivity index (χ0n) is 14.3. The highest BCUT2D eigenvalue weighted by molar-refractivity contribution is 5.79. The number of likely N-dealkylation sites (tertiary alicyclic amines) is 1. The molecular weight excluding hydrogens is 290 g/mol. The SMILES string of the molecule is CCC(CCNC(=NC)NCCn1cccc1)N1CCCC1=O. The molecule has 1 atom stereocenters. The fourth-order valence-electron chi connectivity index (χ4n) is 3.04. The molecule has 128 valence electrons. The molecular formula is C17H29N5O. The minimum absolute atomic E-state index is 0.311. The summed E-state index contributed by atoms with van der Waals surface area (Å²) in [5, 5.41) is 6.66. The molecule has 1 fully saturated rings. The molecule has 1 saturated heterocycles. The van der Waals surface area contributed by atoms with E-state index in [9.17, 15) is 4.79 Å². The maximum atomic E-state index is 11.8. The van der Waals surface area contributed by atoms with Crippen LogP contribution in [0.5, 0.6) is 0 Å². The lowest BCUT2D eigenvalue weighted by molar-refractivity contribution is -0.129. The summed E-state index contributed by atoms with van der Waals surface area (Å²) in [5.74, 6) is 1.13. The predicted octanol–water partition coefficient (Wildman–Crippen LogP) is 1.44. The van der Waals surface area contributed by atoms with E-state index in [2.05, 4.69) is 39.5 Å². The monoisotopic (exact) mass is 319 g/mol. The van der Waals surface area contributed by atoms with Crippen molar-refractivity contribution < 1.29 is 4.79 Å². The smallest absolute Gasteiger partial charge is 0.222 e. The number of hydrogen-bond acceptors (Lipinski definition) is 2. The Hall–Kier alpha value is -1.98. The summed E-state index contributed by atoms with van der Waals surface area (Å²) in [6, 6.07) is 4.39. The van der Waals surface area contributed by atoms with Crippen molar-refractivity contribution in [1.29, 1.82) is 0 Å². The average Bonchev–Trinajstić information content (AvgIpc) is 3.22. The quantitative estimate of drug-likeness (QED) is 0.563. The summed E-state index contributed by atoms with van der Waals surface area (Å²) in [4.78, 5) is 18.1. The number of rotatable bonds is 8. The molecule has 1 aromatic rings. The van der Waals surface area contributed by atoms with E-state index < -0.39 is 0 Å². The van der Waals surface area contributed by atoms with Gasteiger partial charge < -0.3 is 20.1 Å². The van der Waals surface area contributed by atoms with Crippen molar-refractivity contribution in [3.05, 3.63) is 24.5 Å². The first kappa shape index (κ1) is 17.4. The van der Waals surface area contributed by atoms with E-state index in [4.69, 9.17) is 0 Å². The van der Waals surface area contributed by atoms with Crippen LogP contribution in [0.1, 0.15) is 32.6 Å². The first-order valence-corrected chi connectivity index (χ1v) is 8.59. The number of hydrogen-bond donors (Lipinski definition) is 2. The number of guanidine groups is 1. The molecule has 1 unspecified atom stereocenters. The van der Waals surface area contributed by atoms with Crippen LogP contribution in [0, 0.1) is 0 Å². The van der Waals surface area contributed by atoms with Crippen molar-refractivity contribution in [2.45, 2.75) is 45.2 Å². The van der Waals surface area contributed by atoms with Gasteiger partial charge >= 0.3 is 0 Å². The minimum atomic E-state index is 0.311. The van der Waals surface area contributed by atoms with Gasteiger partial charge in [-0.2, -0.15) is 0 Å². The van der Waals surface area contributed by atoms with Crippen molar-refractivity contribution in [2.24, 2.45) is 4.99 Å². The molecule has 1 aromatic heterocycles.